The Kier molecular flexibility index (Phi) is 5.78. The Labute approximate surface area is 199 Å². The van der Waals surface area contributed by atoms with Gasteiger partial charge in [0.25, 0.3) is 0 Å². The van der Waals surface area contributed by atoms with Gasteiger partial charge in [0, 0.05) is 49.6 Å². The van der Waals surface area contributed by atoms with E-state index in [1.165, 1.54) is 22.7 Å². The number of nitrogens with one attached hydrogen (secondary N) is 2. The van der Waals surface area contributed by atoms with Gasteiger partial charge in [-0.1, -0.05) is 0 Å². The summed E-state index contributed by atoms with van der Waals surface area (Å²) in [4.78, 5) is 21.2. The summed E-state index contributed by atoms with van der Waals surface area (Å²) in [5.41, 5.74) is -1.06. The summed E-state index contributed by atoms with van der Waals surface area (Å²) in [6.45, 7) is 3.72. The molecule has 6 nitrogen and oxygen atoms in total. The minimum atomic E-state index is -4.70. The molecule has 34 heavy (non-hydrogen) atoms. The molecule has 0 atom stereocenters. The zero-order chi connectivity index (χ0) is 23.9. The number of amidine groups is 1. The van der Waals surface area contributed by atoms with Crippen molar-refractivity contribution in [3.63, 3.8) is 0 Å². The molecule has 1 amide bonds. The van der Waals surface area contributed by atoms with Gasteiger partial charge < -0.3 is 10.2 Å². The van der Waals surface area contributed by atoms with Crippen LogP contribution < -0.4 is 20.1 Å². The molecule has 5 rings (SSSR count). The molecular weight excluding hydrogens is 463 g/mol. The Morgan fingerprint density at radius 3 is 2.32 bits per heavy atom. The summed E-state index contributed by atoms with van der Waals surface area (Å²) in [7, 11) is 0. The van der Waals surface area contributed by atoms with Gasteiger partial charge in [-0.25, -0.2) is 4.79 Å². The summed E-state index contributed by atoms with van der Waals surface area (Å²) in [5, 5.41) is 12.9. The summed E-state index contributed by atoms with van der Waals surface area (Å²) in [5.74, 6) is -0.253. The lowest BCUT2D eigenvalue weighted by atomic mass is 9.77. The third-order valence-electron chi connectivity index (χ3n) is 6.59. The molecule has 0 unspecified atom stereocenters. The molecule has 1 saturated heterocycles. The van der Waals surface area contributed by atoms with Crippen LogP contribution in [0.5, 0.6) is 0 Å². The molecule has 10 heteroatoms. The lowest BCUT2D eigenvalue weighted by Crippen LogP contribution is -2.88. The number of carbonyl (C=O) groups is 1. The van der Waals surface area contributed by atoms with Crippen LogP contribution in [0.25, 0.3) is 0 Å². The standard InChI is InChI=1S/C24H22F3N5OS/c25-24(26,27)20-14-18(3-2-16(20)15-28)32-21(33)23(8-1-9-23)30-22(32)34-19-6-4-17(5-7-19)31-12-10-29-11-13-31/h2-7,14,29H,1,8-13H2/p+1. The van der Waals surface area contributed by atoms with Crippen LogP contribution in [-0.2, 0) is 11.0 Å². The SMILES string of the molecule is N#Cc1ccc(N2C(=O)C3(CCC3)[NH+]=C2Sc2ccc(N3CCNCC3)cc2)cc1C(F)(F)F. The van der Waals surface area contributed by atoms with Crippen LogP contribution in [0.4, 0.5) is 24.5 Å². The maximum atomic E-state index is 13.6. The molecule has 0 aromatic heterocycles. The average molecular weight is 487 g/mol. The van der Waals surface area contributed by atoms with Crippen LogP contribution >= 0.6 is 11.8 Å². The first-order valence-corrected chi connectivity index (χ1v) is 12.0. The summed E-state index contributed by atoms with van der Waals surface area (Å²) >= 11 is 1.32. The quantitative estimate of drug-likeness (QED) is 0.698. The van der Waals surface area contributed by atoms with E-state index in [1.54, 1.807) is 6.07 Å². The van der Waals surface area contributed by atoms with Crippen molar-refractivity contribution in [1.29, 1.82) is 5.26 Å². The van der Waals surface area contributed by atoms with Crippen LogP contribution in [-0.4, -0.2) is 42.8 Å². The highest BCUT2D eigenvalue weighted by molar-refractivity contribution is 8.14. The normalized spacial score (nSPS) is 19.7. The fraction of sp³-hybridized carbons (Fsp3) is 0.375. The lowest BCUT2D eigenvalue weighted by Gasteiger charge is -2.29. The van der Waals surface area contributed by atoms with Gasteiger partial charge in [0.2, 0.25) is 5.54 Å². The highest BCUT2D eigenvalue weighted by Gasteiger charge is 2.59. The summed E-state index contributed by atoms with van der Waals surface area (Å²) < 4.78 is 40.7. The zero-order valence-corrected chi connectivity index (χ0v) is 19.1. The molecular formula is C24H23F3N5OS+. The van der Waals surface area contributed by atoms with Crippen molar-refractivity contribution in [1.82, 2.24) is 5.32 Å². The van der Waals surface area contributed by atoms with Crippen LogP contribution in [0.2, 0.25) is 0 Å². The number of rotatable bonds is 3. The minimum absolute atomic E-state index is 0.104. The first kappa shape index (κ1) is 22.7. The van der Waals surface area contributed by atoms with Gasteiger partial charge in [0.05, 0.1) is 17.2 Å². The molecule has 176 valence electrons. The highest BCUT2D eigenvalue weighted by Crippen LogP contribution is 2.39. The van der Waals surface area contributed by atoms with E-state index < -0.39 is 22.8 Å². The number of hydrogen-bond acceptors (Lipinski definition) is 5. The molecule has 1 spiro atoms. The number of benzene rings is 2. The lowest BCUT2D eigenvalue weighted by molar-refractivity contribution is -0.542. The van der Waals surface area contributed by atoms with Gasteiger partial charge in [-0.15, -0.1) is 0 Å². The van der Waals surface area contributed by atoms with Crippen LogP contribution in [0, 0.1) is 11.3 Å². The first-order valence-electron chi connectivity index (χ1n) is 11.2. The van der Waals surface area contributed by atoms with E-state index in [1.807, 2.05) is 24.3 Å². The second-order valence-electron chi connectivity index (χ2n) is 8.68. The molecule has 2 aromatic carbocycles. The van der Waals surface area contributed by atoms with Crippen molar-refractivity contribution in [2.75, 3.05) is 36.0 Å². The van der Waals surface area contributed by atoms with Crippen LogP contribution in [0.15, 0.2) is 47.4 Å². The maximum absolute atomic E-state index is 13.6. The highest BCUT2D eigenvalue weighted by atomic mass is 32.2. The summed E-state index contributed by atoms with van der Waals surface area (Å²) in [6, 6.07) is 13.0. The van der Waals surface area contributed by atoms with Gasteiger partial charge in [0.1, 0.15) is 5.69 Å². The molecule has 2 aromatic rings. The van der Waals surface area contributed by atoms with E-state index in [0.717, 1.165) is 55.3 Å². The molecule has 2 fully saturated rings. The Morgan fingerprint density at radius 1 is 1.06 bits per heavy atom. The Hall–Kier alpha value is -3.03. The molecule has 2 heterocycles. The smallest absolute Gasteiger partial charge is 0.369 e. The Bertz CT molecular complexity index is 1180. The van der Waals surface area contributed by atoms with Crippen molar-refractivity contribution in [2.45, 2.75) is 35.9 Å². The van der Waals surface area contributed by atoms with Crippen molar-refractivity contribution in [3.05, 3.63) is 53.6 Å². The van der Waals surface area contributed by atoms with Crippen LogP contribution in [0.1, 0.15) is 30.4 Å². The number of nitrogens with zero attached hydrogens (tertiary/aromatic N) is 3. The van der Waals surface area contributed by atoms with Gasteiger partial charge >= 0.3 is 17.3 Å². The van der Waals surface area contributed by atoms with Crippen LogP contribution in [0.3, 0.4) is 0 Å². The number of halogens is 3. The van der Waals surface area contributed by atoms with Crippen molar-refractivity contribution in [3.8, 4) is 6.07 Å². The number of anilines is 2. The molecule has 0 radical (unpaired) electrons. The Morgan fingerprint density at radius 2 is 1.74 bits per heavy atom. The van der Waals surface area contributed by atoms with Gasteiger partial charge in [0.15, 0.2) is 0 Å². The van der Waals surface area contributed by atoms with Crippen molar-refractivity contribution < 1.29 is 23.0 Å². The largest absolute Gasteiger partial charge is 0.417 e. The first-order chi connectivity index (χ1) is 16.3. The van der Waals surface area contributed by atoms with E-state index in [9.17, 15) is 18.0 Å². The molecule has 0 bridgehead atoms. The number of carbonyl (C=O) groups excluding carboxylic acids is 1. The number of thioether (sulfide) groups is 1. The Balaban J connectivity index is 1.45. The topological polar surface area (TPSA) is 73.3 Å². The monoisotopic (exact) mass is 486 g/mol. The van der Waals surface area contributed by atoms with E-state index in [0.29, 0.717) is 18.0 Å². The van der Waals surface area contributed by atoms with Gasteiger partial charge in [-0.3, -0.25) is 4.99 Å². The number of alkyl halides is 3. The molecule has 1 aliphatic carbocycles. The van der Waals surface area contributed by atoms with E-state index >= 15 is 0 Å². The number of nitriles is 1. The average Bonchev–Trinajstić information content (AvgIpc) is 3.11. The predicted molar refractivity (Wildman–Crippen MR) is 124 cm³/mol. The van der Waals surface area contributed by atoms with E-state index in [-0.39, 0.29) is 11.6 Å². The van der Waals surface area contributed by atoms with Crippen molar-refractivity contribution in [2.24, 2.45) is 0 Å². The third-order valence-corrected chi connectivity index (χ3v) is 7.58. The maximum Gasteiger partial charge on any atom is 0.417 e. The number of amides is 1. The molecule has 2 aliphatic heterocycles. The fourth-order valence-electron chi connectivity index (χ4n) is 4.56. The van der Waals surface area contributed by atoms with Gasteiger partial charge in [-0.05, 0) is 60.6 Å². The number of hydrogen-bond donors (Lipinski definition) is 2. The second kappa shape index (κ2) is 8.64. The predicted octanol–water partition coefficient (Wildman–Crippen LogP) is 2.48. The van der Waals surface area contributed by atoms with E-state index in [4.69, 9.17) is 5.26 Å². The number of piperazine rings is 1. The zero-order valence-electron chi connectivity index (χ0n) is 18.3. The van der Waals surface area contributed by atoms with E-state index in [2.05, 4.69) is 15.2 Å². The van der Waals surface area contributed by atoms with Crippen molar-refractivity contribution >= 4 is 34.2 Å². The summed E-state index contributed by atoms with van der Waals surface area (Å²) in [6.07, 6.45) is -2.54. The fourth-order valence-corrected chi connectivity index (χ4v) is 5.58. The molecule has 2 N–H and O–H groups in total. The third kappa shape index (κ3) is 4.03. The van der Waals surface area contributed by atoms with Gasteiger partial charge in [-0.2, -0.15) is 23.3 Å². The second-order valence-corrected chi connectivity index (χ2v) is 9.74. The molecule has 1 saturated carbocycles. The molecule has 3 aliphatic rings. The minimum Gasteiger partial charge on any atom is -0.369 e.